The molecule has 0 radical (unpaired) electrons. The molecule has 1 aromatic heterocycles. The molecule has 0 aromatic carbocycles. The maximum Gasteiger partial charge on any atom is 0.265 e. The summed E-state index contributed by atoms with van der Waals surface area (Å²) in [5.74, 6) is -0.594. The molecular weight excluding hydrogens is 156 g/mol. The molecule has 0 fully saturated rings. The van der Waals surface area contributed by atoms with Crippen molar-refractivity contribution in [3.05, 3.63) is 23.5 Å². The maximum atomic E-state index is 10.9. The molecule has 64 valence electrons. The zero-order chi connectivity index (χ0) is 9.30. The van der Waals surface area contributed by atoms with E-state index in [4.69, 9.17) is 5.73 Å². The first-order chi connectivity index (χ1) is 5.52. The Hall–Kier alpha value is -1.58. The fraction of sp³-hybridized carbons (Fsp3) is 0.250. The second kappa shape index (κ2) is 2.81. The molecule has 1 rings (SSSR count). The third kappa shape index (κ3) is 1.37. The lowest BCUT2D eigenvalue weighted by molar-refractivity contribution is 0.0991. The third-order valence-electron chi connectivity index (χ3n) is 1.66. The Morgan fingerprint density at radius 3 is 2.33 bits per heavy atom. The van der Waals surface area contributed by atoms with Crippen molar-refractivity contribution in [2.45, 2.75) is 6.92 Å². The number of ketones is 1. The lowest BCUT2D eigenvalue weighted by Gasteiger charge is -1.94. The van der Waals surface area contributed by atoms with Crippen molar-refractivity contribution in [1.29, 1.82) is 0 Å². The summed E-state index contributed by atoms with van der Waals surface area (Å²) in [6, 6.07) is 1.49. The van der Waals surface area contributed by atoms with E-state index in [1.165, 1.54) is 13.0 Å². The molecule has 1 amide bonds. The number of hydrogen-bond acceptors (Lipinski definition) is 2. The van der Waals surface area contributed by atoms with Gasteiger partial charge in [0.2, 0.25) is 0 Å². The number of carbonyl (C=O) groups excluding carboxylic acids is 2. The van der Waals surface area contributed by atoms with Gasteiger partial charge in [-0.15, -0.1) is 0 Å². The van der Waals surface area contributed by atoms with Crippen molar-refractivity contribution in [2.24, 2.45) is 12.8 Å². The smallest absolute Gasteiger partial charge is 0.265 e. The van der Waals surface area contributed by atoms with Gasteiger partial charge >= 0.3 is 0 Å². The fourth-order valence-corrected chi connectivity index (χ4v) is 1.00. The molecule has 4 nitrogen and oxygen atoms in total. The number of Topliss-reactive ketones (excluding diaryl/α,β-unsaturated/α-hetero) is 1. The molecule has 4 heteroatoms. The van der Waals surface area contributed by atoms with E-state index in [0.29, 0.717) is 11.3 Å². The van der Waals surface area contributed by atoms with Gasteiger partial charge in [0.15, 0.2) is 5.78 Å². The summed E-state index contributed by atoms with van der Waals surface area (Å²) in [6.45, 7) is 1.44. The van der Waals surface area contributed by atoms with Crippen LogP contribution in [0.3, 0.4) is 0 Å². The van der Waals surface area contributed by atoms with Gasteiger partial charge in [-0.2, -0.15) is 0 Å². The SMILES string of the molecule is CC(=O)c1cc(C(N)=O)n(C)c1. The van der Waals surface area contributed by atoms with Gasteiger partial charge < -0.3 is 10.3 Å². The van der Waals surface area contributed by atoms with Crippen LogP contribution >= 0.6 is 0 Å². The molecule has 12 heavy (non-hydrogen) atoms. The summed E-state index contributed by atoms with van der Waals surface area (Å²) >= 11 is 0. The number of carbonyl (C=O) groups is 2. The second-order valence-electron chi connectivity index (χ2n) is 2.65. The average Bonchev–Trinajstić information content (AvgIpc) is 2.30. The minimum Gasteiger partial charge on any atom is -0.364 e. The van der Waals surface area contributed by atoms with Crippen molar-refractivity contribution < 1.29 is 9.59 Å². The van der Waals surface area contributed by atoms with Crippen LogP contribution in [0.2, 0.25) is 0 Å². The quantitative estimate of drug-likeness (QED) is 0.643. The highest BCUT2D eigenvalue weighted by molar-refractivity contribution is 5.98. The minimum atomic E-state index is -0.523. The number of nitrogens with two attached hydrogens (primary N) is 1. The first-order valence-electron chi connectivity index (χ1n) is 3.49. The topological polar surface area (TPSA) is 65.1 Å². The van der Waals surface area contributed by atoms with Gasteiger partial charge in [-0.3, -0.25) is 9.59 Å². The van der Waals surface area contributed by atoms with E-state index in [9.17, 15) is 9.59 Å². The van der Waals surface area contributed by atoms with E-state index in [0.717, 1.165) is 0 Å². The van der Waals surface area contributed by atoms with Crippen LogP contribution in [0.4, 0.5) is 0 Å². The number of hydrogen-bond donors (Lipinski definition) is 1. The van der Waals surface area contributed by atoms with E-state index < -0.39 is 5.91 Å². The lowest BCUT2D eigenvalue weighted by Crippen LogP contribution is -2.14. The fourth-order valence-electron chi connectivity index (χ4n) is 1.00. The van der Waals surface area contributed by atoms with Gasteiger partial charge in [0.1, 0.15) is 5.69 Å². The molecule has 0 aliphatic heterocycles. The van der Waals surface area contributed by atoms with Gasteiger partial charge in [-0.05, 0) is 13.0 Å². The molecule has 0 atom stereocenters. The van der Waals surface area contributed by atoms with Gasteiger partial charge in [0.25, 0.3) is 5.91 Å². The maximum absolute atomic E-state index is 10.9. The molecule has 1 heterocycles. The summed E-state index contributed by atoms with van der Waals surface area (Å²) in [6.07, 6.45) is 1.59. The van der Waals surface area contributed by atoms with E-state index in [1.54, 1.807) is 17.8 Å². The number of nitrogens with zero attached hydrogens (tertiary/aromatic N) is 1. The number of aryl methyl sites for hydroxylation is 1. The summed E-state index contributed by atoms with van der Waals surface area (Å²) in [5.41, 5.74) is 5.91. The van der Waals surface area contributed by atoms with Crippen LogP contribution in [0.25, 0.3) is 0 Å². The number of primary amides is 1. The van der Waals surface area contributed by atoms with Gasteiger partial charge in [-0.25, -0.2) is 0 Å². The van der Waals surface area contributed by atoms with Crippen LogP contribution in [0.5, 0.6) is 0 Å². The van der Waals surface area contributed by atoms with Crippen molar-refractivity contribution in [1.82, 2.24) is 4.57 Å². The van der Waals surface area contributed by atoms with Crippen molar-refractivity contribution in [2.75, 3.05) is 0 Å². The first-order valence-corrected chi connectivity index (χ1v) is 3.49. The van der Waals surface area contributed by atoms with E-state index in [-0.39, 0.29) is 5.78 Å². The summed E-state index contributed by atoms with van der Waals surface area (Å²) < 4.78 is 1.54. The van der Waals surface area contributed by atoms with E-state index >= 15 is 0 Å². The van der Waals surface area contributed by atoms with Crippen LogP contribution in [0.15, 0.2) is 12.3 Å². The predicted molar refractivity (Wildman–Crippen MR) is 43.9 cm³/mol. The standard InChI is InChI=1S/C8H10N2O2/c1-5(11)6-3-7(8(9)12)10(2)4-6/h3-4H,1-2H3,(H2,9,12). The van der Waals surface area contributed by atoms with Gasteiger partial charge in [-0.1, -0.05) is 0 Å². The molecule has 0 spiro atoms. The Morgan fingerprint density at radius 2 is 2.08 bits per heavy atom. The summed E-state index contributed by atoms with van der Waals surface area (Å²) in [7, 11) is 1.67. The van der Waals surface area contributed by atoms with Crippen LogP contribution in [0.1, 0.15) is 27.8 Å². The Balaban J connectivity index is 3.17. The zero-order valence-corrected chi connectivity index (χ0v) is 7.00. The van der Waals surface area contributed by atoms with Gasteiger partial charge in [0, 0.05) is 18.8 Å². The summed E-state index contributed by atoms with van der Waals surface area (Å²) in [5, 5.41) is 0. The van der Waals surface area contributed by atoms with Crippen molar-refractivity contribution >= 4 is 11.7 Å². The first kappa shape index (κ1) is 8.52. The van der Waals surface area contributed by atoms with E-state index in [2.05, 4.69) is 0 Å². The van der Waals surface area contributed by atoms with E-state index in [1.807, 2.05) is 0 Å². The zero-order valence-electron chi connectivity index (χ0n) is 7.00. The molecule has 0 saturated carbocycles. The molecule has 0 unspecified atom stereocenters. The number of aromatic nitrogens is 1. The predicted octanol–water partition coefficient (Wildman–Crippen LogP) is 0.327. The highest BCUT2D eigenvalue weighted by Crippen LogP contribution is 2.06. The molecule has 0 saturated heterocycles. The molecule has 0 aliphatic carbocycles. The highest BCUT2D eigenvalue weighted by atomic mass is 16.1. The highest BCUT2D eigenvalue weighted by Gasteiger charge is 2.09. The Bertz CT molecular complexity index is 339. The van der Waals surface area contributed by atoms with Gasteiger partial charge in [0.05, 0.1) is 0 Å². The minimum absolute atomic E-state index is 0.0712. The Labute approximate surface area is 70.0 Å². The average molecular weight is 166 g/mol. The molecule has 0 bridgehead atoms. The number of rotatable bonds is 2. The van der Waals surface area contributed by atoms with Crippen LogP contribution in [-0.2, 0) is 7.05 Å². The largest absolute Gasteiger partial charge is 0.364 e. The normalized spacial score (nSPS) is 9.83. The van der Waals surface area contributed by atoms with Crippen LogP contribution in [-0.4, -0.2) is 16.3 Å². The Morgan fingerprint density at radius 1 is 1.50 bits per heavy atom. The number of amides is 1. The Kier molecular flexibility index (Phi) is 1.99. The van der Waals surface area contributed by atoms with Crippen molar-refractivity contribution in [3.8, 4) is 0 Å². The van der Waals surface area contributed by atoms with Crippen LogP contribution < -0.4 is 5.73 Å². The third-order valence-corrected chi connectivity index (χ3v) is 1.66. The summed E-state index contributed by atoms with van der Waals surface area (Å²) in [4.78, 5) is 21.6. The lowest BCUT2D eigenvalue weighted by atomic mass is 10.2. The molecule has 1 aromatic rings. The van der Waals surface area contributed by atoms with Crippen LogP contribution in [0, 0.1) is 0 Å². The molecule has 0 aliphatic rings. The van der Waals surface area contributed by atoms with Crippen molar-refractivity contribution in [3.63, 3.8) is 0 Å². The molecule has 2 N–H and O–H groups in total. The molecular formula is C8H10N2O2. The second-order valence-corrected chi connectivity index (χ2v) is 2.65. The monoisotopic (exact) mass is 166 g/mol.